The second-order valence-electron chi connectivity index (χ2n) is 2.89. The number of rotatable bonds is 6. The Morgan fingerprint density at radius 1 is 1.69 bits per heavy atom. The van der Waals surface area contributed by atoms with Crippen molar-refractivity contribution in [2.75, 3.05) is 19.9 Å². The van der Waals surface area contributed by atoms with Crippen LogP contribution < -0.4 is 5.09 Å². The molecule has 0 saturated carbocycles. The molecule has 3 nitrogen and oxygen atoms in total. The van der Waals surface area contributed by atoms with Gasteiger partial charge in [0.15, 0.2) is 0 Å². The van der Waals surface area contributed by atoms with Crippen molar-refractivity contribution in [1.29, 1.82) is 0 Å². The van der Waals surface area contributed by atoms with E-state index < -0.39 is 5.62 Å². The van der Waals surface area contributed by atoms with Gasteiger partial charge in [0.25, 0.3) is 0 Å². The van der Waals surface area contributed by atoms with Crippen LogP contribution in [0, 0.1) is 5.92 Å². The van der Waals surface area contributed by atoms with Gasteiger partial charge < -0.3 is 9.61 Å². The highest BCUT2D eigenvalue weighted by molar-refractivity contribution is 8.68. The molecule has 0 aromatic heterocycles. The first kappa shape index (κ1) is 13.4. The molecule has 0 radical (unpaired) electrons. The van der Waals surface area contributed by atoms with Crippen molar-refractivity contribution in [2.45, 2.75) is 13.8 Å². The Balaban J connectivity index is 4.04. The van der Waals surface area contributed by atoms with Crippen molar-refractivity contribution in [1.82, 2.24) is 5.09 Å². The number of aliphatic imine (C=N–C) groups is 1. The van der Waals surface area contributed by atoms with E-state index in [1.165, 1.54) is 0 Å². The Morgan fingerprint density at radius 2 is 2.31 bits per heavy atom. The van der Waals surface area contributed by atoms with Crippen molar-refractivity contribution in [3.8, 4) is 0 Å². The zero-order valence-electron chi connectivity index (χ0n) is 8.48. The fourth-order valence-electron chi connectivity index (χ4n) is 0.518. The summed E-state index contributed by atoms with van der Waals surface area (Å²) in [7, 11) is 3.35. The first-order valence-corrected chi connectivity index (χ1v) is 8.34. The average Bonchev–Trinajstić information content (AvgIpc) is 2.11. The van der Waals surface area contributed by atoms with E-state index in [4.69, 9.17) is 16.3 Å². The number of nitrogens with one attached hydrogen (secondary N) is 1. The molecule has 0 rings (SSSR count). The molecule has 78 valence electrons. The first-order valence-electron chi connectivity index (χ1n) is 4.03. The lowest BCUT2D eigenvalue weighted by Crippen LogP contribution is -2.07. The average molecular weight is 240 g/mol. The normalized spacial score (nSPS) is 16.4. The molecule has 0 spiro atoms. The lowest BCUT2D eigenvalue weighted by molar-refractivity contribution is 0.467. The lowest BCUT2D eigenvalue weighted by Gasteiger charge is -2.19. The van der Waals surface area contributed by atoms with Gasteiger partial charge in [0.05, 0.1) is 6.34 Å². The topological polar surface area (TPSA) is 33.6 Å². The molecule has 0 aromatic rings. The Morgan fingerprint density at radius 3 is 2.69 bits per heavy atom. The van der Waals surface area contributed by atoms with Crippen LogP contribution in [0.5, 0.6) is 0 Å². The molecular weight excluding hydrogens is 223 g/mol. The molecule has 1 unspecified atom stereocenters. The van der Waals surface area contributed by atoms with E-state index in [2.05, 4.69) is 23.9 Å². The van der Waals surface area contributed by atoms with Crippen LogP contribution in [0.4, 0.5) is 0 Å². The molecule has 0 fully saturated rings. The largest absolute Gasteiger partial charge is 0.330 e. The highest BCUT2D eigenvalue weighted by atomic mass is 32.9. The van der Waals surface area contributed by atoms with E-state index in [9.17, 15) is 0 Å². The molecule has 0 aliphatic carbocycles. The summed E-state index contributed by atoms with van der Waals surface area (Å²) in [4.78, 5) is 3.83. The maximum Gasteiger partial charge on any atom is 0.210 e. The quantitative estimate of drug-likeness (QED) is 0.439. The monoisotopic (exact) mass is 240 g/mol. The van der Waals surface area contributed by atoms with Gasteiger partial charge in [0, 0.05) is 19.9 Å². The fraction of sp³-hybridized carbons (Fsp3) is 0.857. The van der Waals surface area contributed by atoms with Crippen LogP contribution in [0.1, 0.15) is 13.8 Å². The molecule has 0 aliphatic rings. The predicted octanol–water partition coefficient (Wildman–Crippen LogP) is 2.49. The van der Waals surface area contributed by atoms with Crippen molar-refractivity contribution >= 4 is 35.1 Å². The van der Waals surface area contributed by atoms with Crippen LogP contribution in [0.2, 0.25) is 0 Å². The summed E-state index contributed by atoms with van der Waals surface area (Å²) < 4.78 is 5.28. The van der Waals surface area contributed by atoms with Crippen molar-refractivity contribution < 1.29 is 4.52 Å². The number of hydrogen-bond donors (Lipinski definition) is 1. The van der Waals surface area contributed by atoms with Gasteiger partial charge in [-0.15, -0.1) is 0 Å². The van der Waals surface area contributed by atoms with Gasteiger partial charge in [-0.2, -0.15) is 0 Å². The van der Waals surface area contributed by atoms with Gasteiger partial charge in [-0.25, -0.2) is 0 Å². The standard InChI is InChI=1S/C7H17N2OPS2/c1-7(2)5-13-11(12,10-4)9-6-8-3/h6-7H,5H2,1-4H3,(H,8,9,12). The van der Waals surface area contributed by atoms with Crippen LogP contribution in [0.15, 0.2) is 4.99 Å². The maximum atomic E-state index is 5.34. The van der Waals surface area contributed by atoms with Gasteiger partial charge >= 0.3 is 0 Å². The smallest absolute Gasteiger partial charge is 0.210 e. The summed E-state index contributed by atoms with van der Waals surface area (Å²) in [6.45, 7) is 4.33. The lowest BCUT2D eigenvalue weighted by atomic mass is 10.3. The molecule has 0 saturated heterocycles. The summed E-state index contributed by atoms with van der Waals surface area (Å²) >= 11 is 7.01. The highest BCUT2D eigenvalue weighted by Gasteiger charge is 2.15. The Hall–Kier alpha value is 0.430. The summed E-state index contributed by atoms with van der Waals surface area (Å²) in [5.74, 6) is 1.64. The third-order valence-corrected chi connectivity index (χ3v) is 7.17. The third kappa shape index (κ3) is 6.49. The van der Waals surface area contributed by atoms with Gasteiger partial charge in [0.2, 0.25) is 5.62 Å². The summed E-state index contributed by atoms with van der Waals surface area (Å²) in [6, 6.07) is 0. The minimum absolute atomic E-state index is 0.628. The van der Waals surface area contributed by atoms with E-state index >= 15 is 0 Å². The van der Waals surface area contributed by atoms with E-state index in [1.54, 1.807) is 31.9 Å². The molecule has 0 bridgehead atoms. The first-order chi connectivity index (χ1) is 6.04. The summed E-state index contributed by atoms with van der Waals surface area (Å²) in [6.07, 6.45) is 1.61. The minimum Gasteiger partial charge on any atom is -0.330 e. The Labute approximate surface area is 89.6 Å². The number of nitrogens with zero attached hydrogens (tertiary/aromatic N) is 1. The van der Waals surface area contributed by atoms with Crippen molar-refractivity contribution in [3.63, 3.8) is 0 Å². The summed E-state index contributed by atoms with van der Waals surface area (Å²) in [5.41, 5.74) is -1.92. The fourth-order valence-corrected chi connectivity index (χ4v) is 4.41. The van der Waals surface area contributed by atoms with Gasteiger partial charge in [-0.1, -0.05) is 25.2 Å². The SMILES string of the molecule is C/N=C/NP(=S)(OC)SCC(C)C. The van der Waals surface area contributed by atoms with Gasteiger partial charge in [-0.3, -0.25) is 4.99 Å². The van der Waals surface area contributed by atoms with Crippen LogP contribution in [0.25, 0.3) is 0 Å². The van der Waals surface area contributed by atoms with Crippen LogP contribution in [0.3, 0.4) is 0 Å². The number of hydrogen-bond acceptors (Lipinski definition) is 4. The van der Waals surface area contributed by atoms with E-state index in [0.717, 1.165) is 5.75 Å². The Bertz CT molecular complexity index is 209. The second kappa shape index (κ2) is 6.82. The molecule has 1 N–H and O–H groups in total. The van der Waals surface area contributed by atoms with E-state index in [-0.39, 0.29) is 0 Å². The minimum atomic E-state index is -1.92. The summed E-state index contributed by atoms with van der Waals surface area (Å²) in [5, 5.41) is 3.03. The molecule has 0 heterocycles. The zero-order chi connectivity index (χ0) is 10.3. The van der Waals surface area contributed by atoms with Crippen LogP contribution in [-0.2, 0) is 16.3 Å². The molecule has 0 aliphatic heterocycles. The van der Waals surface area contributed by atoms with Crippen molar-refractivity contribution in [3.05, 3.63) is 0 Å². The van der Waals surface area contributed by atoms with Crippen LogP contribution in [-0.4, -0.2) is 26.2 Å². The van der Waals surface area contributed by atoms with Gasteiger partial charge in [0.1, 0.15) is 0 Å². The molecule has 1 atom stereocenters. The van der Waals surface area contributed by atoms with Crippen molar-refractivity contribution in [2.24, 2.45) is 10.9 Å². The van der Waals surface area contributed by atoms with Gasteiger partial charge in [-0.05, 0) is 17.7 Å². The maximum absolute atomic E-state index is 5.34. The zero-order valence-corrected chi connectivity index (χ0v) is 11.0. The molecular formula is C7H17N2OPS2. The molecule has 0 amide bonds. The third-order valence-electron chi connectivity index (χ3n) is 1.16. The van der Waals surface area contributed by atoms with Crippen LogP contribution >= 0.6 is 17.0 Å². The Kier molecular flexibility index (Phi) is 7.05. The predicted molar refractivity (Wildman–Crippen MR) is 66.1 cm³/mol. The van der Waals surface area contributed by atoms with E-state index in [1.807, 2.05) is 0 Å². The highest BCUT2D eigenvalue weighted by Crippen LogP contribution is 2.55. The molecule has 6 heteroatoms. The van der Waals surface area contributed by atoms with E-state index in [0.29, 0.717) is 5.92 Å². The molecule has 0 aromatic carbocycles. The second-order valence-corrected chi connectivity index (χ2v) is 9.65. The molecule has 13 heavy (non-hydrogen) atoms.